The summed E-state index contributed by atoms with van der Waals surface area (Å²) in [6.07, 6.45) is 7.26. The van der Waals surface area contributed by atoms with Crippen molar-refractivity contribution < 1.29 is 4.79 Å². The van der Waals surface area contributed by atoms with Gasteiger partial charge in [0, 0.05) is 25.9 Å². The second-order valence-corrected chi connectivity index (χ2v) is 2.47. The molecule has 1 rings (SSSR count). The molecule has 0 atom stereocenters. The van der Waals surface area contributed by atoms with E-state index in [1.54, 1.807) is 18.3 Å². The Morgan fingerprint density at radius 1 is 1.83 bits per heavy atom. The Kier molecular flexibility index (Phi) is 2.63. The van der Waals surface area contributed by atoms with E-state index in [1.807, 2.05) is 17.8 Å². The Hall–Kier alpha value is -1.58. The van der Waals surface area contributed by atoms with Crippen LogP contribution in [0.4, 0.5) is 0 Å². The molecule has 4 nitrogen and oxygen atoms in total. The molecule has 0 saturated carbocycles. The maximum Gasteiger partial charge on any atom is 0.221 e. The molecule has 0 aliphatic carbocycles. The Bertz CT molecular complexity index is 301. The molecule has 1 aromatic rings. The lowest BCUT2D eigenvalue weighted by Gasteiger charge is -1.92. The Labute approximate surface area is 70.7 Å². The highest BCUT2D eigenvalue weighted by Crippen LogP contribution is 1.97. The number of nitrogens with two attached hydrogens (primary N) is 1. The first kappa shape index (κ1) is 8.52. The number of aryl methyl sites for hydroxylation is 1. The molecule has 0 aliphatic rings. The number of carbonyl (C=O) groups is 1. The van der Waals surface area contributed by atoms with E-state index < -0.39 is 0 Å². The highest BCUT2D eigenvalue weighted by Gasteiger charge is 1.92. The predicted molar refractivity (Wildman–Crippen MR) is 46.1 cm³/mol. The van der Waals surface area contributed by atoms with Crippen molar-refractivity contribution in [1.29, 1.82) is 0 Å². The summed E-state index contributed by atoms with van der Waals surface area (Å²) in [5.41, 5.74) is 4.95. The van der Waals surface area contributed by atoms with Crippen molar-refractivity contribution in [2.24, 2.45) is 12.8 Å². The Morgan fingerprint density at radius 2 is 2.58 bits per heavy atom. The van der Waals surface area contributed by atoms with Crippen LogP contribution in [0.1, 0.15) is 12.2 Å². The summed E-state index contributed by atoms with van der Waals surface area (Å²) in [4.78, 5) is 14.4. The largest absolute Gasteiger partial charge is 0.369 e. The first-order valence-electron chi connectivity index (χ1n) is 3.62. The van der Waals surface area contributed by atoms with Crippen LogP contribution in [0.5, 0.6) is 0 Å². The van der Waals surface area contributed by atoms with E-state index in [9.17, 15) is 4.79 Å². The monoisotopic (exact) mass is 165 g/mol. The second kappa shape index (κ2) is 3.71. The first-order chi connectivity index (χ1) is 5.70. The summed E-state index contributed by atoms with van der Waals surface area (Å²) in [7, 11) is 1.89. The van der Waals surface area contributed by atoms with Crippen LogP contribution in [-0.4, -0.2) is 15.5 Å². The molecule has 64 valence electrons. The van der Waals surface area contributed by atoms with Crippen LogP contribution < -0.4 is 5.73 Å². The quantitative estimate of drug-likeness (QED) is 0.700. The fourth-order valence-corrected chi connectivity index (χ4v) is 0.818. The highest BCUT2D eigenvalue weighted by atomic mass is 16.1. The second-order valence-electron chi connectivity index (χ2n) is 2.47. The van der Waals surface area contributed by atoms with Gasteiger partial charge in [-0.05, 0) is 6.08 Å². The zero-order valence-electron chi connectivity index (χ0n) is 6.90. The highest BCUT2D eigenvalue weighted by molar-refractivity contribution is 5.76. The summed E-state index contributed by atoms with van der Waals surface area (Å²) in [5, 5.41) is 0. The van der Waals surface area contributed by atoms with Gasteiger partial charge in [-0.1, -0.05) is 6.08 Å². The summed E-state index contributed by atoms with van der Waals surface area (Å²) >= 11 is 0. The van der Waals surface area contributed by atoms with Gasteiger partial charge in [0.2, 0.25) is 5.91 Å². The smallest absolute Gasteiger partial charge is 0.221 e. The Morgan fingerprint density at radius 3 is 3.08 bits per heavy atom. The molecule has 0 aliphatic heterocycles. The van der Waals surface area contributed by atoms with Gasteiger partial charge in [-0.3, -0.25) is 4.79 Å². The van der Waals surface area contributed by atoms with Gasteiger partial charge in [-0.15, -0.1) is 0 Å². The van der Waals surface area contributed by atoms with E-state index in [-0.39, 0.29) is 12.3 Å². The number of primary amides is 1. The van der Waals surface area contributed by atoms with Gasteiger partial charge >= 0.3 is 0 Å². The van der Waals surface area contributed by atoms with Gasteiger partial charge < -0.3 is 10.3 Å². The van der Waals surface area contributed by atoms with Crippen molar-refractivity contribution in [2.45, 2.75) is 6.42 Å². The number of imidazole rings is 1. The predicted octanol–water partition coefficient (Wildman–Crippen LogP) is 0.309. The number of hydrogen-bond acceptors (Lipinski definition) is 2. The van der Waals surface area contributed by atoms with Crippen LogP contribution in [-0.2, 0) is 11.8 Å². The SMILES string of the molecule is Cn1ccnc1C=CCC(N)=O. The molecule has 0 fully saturated rings. The molecule has 0 saturated heterocycles. The summed E-state index contributed by atoms with van der Waals surface area (Å²) in [6, 6.07) is 0. The number of amides is 1. The van der Waals surface area contributed by atoms with E-state index in [4.69, 9.17) is 5.73 Å². The lowest BCUT2D eigenvalue weighted by molar-refractivity contribution is -0.117. The van der Waals surface area contributed by atoms with Gasteiger partial charge in [0.25, 0.3) is 0 Å². The number of hydrogen-bond donors (Lipinski definition) is 1. The topological polar surface area (TPSA) is 60.9 Å². The third kappa shape index (κ3) is 2.23. The van der Waals surface area contributed by atoms with Crippen molar-refractivity contribution in [3.8, 4) is 0 Å². The van der Waals surface area contributed by atoms with Gasteiger partial charge in [-0.2, -0.15) is 0 Å². The van der Waals surface area contributed by atoms with Crippen LogP contribution in [0.2, 0.25) is 0 Å². The van der Waals surface area contributed by atoms with Crippen molar-refractivity contribution in [3.63, 3.8) is 0 Å². The minimum atomic E-state index is -0.333. The summed E-state index contributed by atoms with van der Waals surface area (Å²) in [6.45, 7) is 0. The van der Waals surface area contributed by atoms with Crippen LogP contribution in [0.25, 0.3) is 6.08 Å². The molecule has 1 heterocycles. The van der Waals surface area contributed by atoms with Crippen molar-refractivity contribution >= 4 is 12.0 Å². The van der Waals surface area contributed by atoms with Crippen LogP contribution in [0, 0.1) is 0 Å². The van der Waals surface area contributed by atoms with E-state index in [0.717, 1.165) is 5.82 Å². The van der Waals surface area contributed by atoms with Crippen molar-refractivity contribution in [2.75, 3.05) is 0 Å². The average Bonchev–Trinajstić information content (AvgIpc) is 2.36. The molecule has 0 spiro atoms. The molecule has 0 bridgehead atoms. The molecule has 4 heteroatoms. The number of rotatable bonds is 3. The molecular formula is C8H11N3O. The van der Waals surface area contributed by atoms with Gasteiger partial charge in [0.15, 0.2) is 0 Å². The maximum absolute atomic E-state index is 10.4. The van der Waals surface area contributed by atoms with Crippen LogP contribution >= 0.6 is 0 Å². The van der Waals surface area contributed by atoms with Gasteiger partial charge in [0.05, 0.1) is 0 Å². The lowest BCUT2D eigenvalue weighted by Crippen LogP contribution is -2.08. The molecule has 1 amide bonds. The van der Waals surface area contributed by atoms with Crippen molar-refractivity contribution in [1.82, 2.24) is 9.55 Å². The normalized spacial score (nSPS) is 10.8. The fraction of sp³-hybridized carbons (Fsp3) is 0.250. The van der Waals surface area contributed by atoms with Crippen LogP contribution in [0.15, 0.2) is 18.5 Å². The Balaban J connectivity index is 2.57. The van der Waals surface area contributed by atoms with Crippen LogP contribution in [0.3, 0.4) is 0 Å². The summed E-state index contributed by atoms with van der Waals surface area (Å²) in [5.74, 6) is 0.483. The van der Waals surface area contributed by atoms with Gasteiger partial charge in [-0.25, -0.2) is 4.98 Å². The first-order valence-corrected chi connectivity index (χ1v) is 3.62. The average molecular weight is 165 g/mol. The van der Waals surface area contributed by atoms with Gasteiger partial charge in [0.1, 0.15) is 5.82 Å². The number of nitrogens with zero attached hydrogens (tertiary/aromatic N) is 2. The molecule has 0 aromatic carbocycles. The zero-order valence-corrected chi connectivity index (χ0v) is 6.90. The summed E-state index contributed by atoms with van der Waals surface area (Å²) < 4.78 is 1.86. The zero-order chi connectivity index (χ0) is 8.97. The number of carbonyl (C=O) groups excluding carboxylic acids is 1. The molecule has 12 heavy (non-hydrogen) atoms. The fourth-order valence-electron chi connectivity index (χ4n) is 0.818. The molecule has 2 N–H and O–H groups in total. The molecular weight excluding hydrogens is 154 g/mol. The van der Waals surface area contributed by atoms with Crippen molar-refractivity contribution in [3.05, 3.63) is 24.3 Å². The third-order valence-electron chi connectivity index (χ3n) is 1.44. The van der Waals surface area contributed by atoms with E-state index in [2.05, 4.69) is 4.98 Å². The minimum absolute atomic E-state index is 0.257. The molecule has 0 unspecified atom stereocenters. The van der Waals surface area contributed by atoms with E-state index in [1.165, 1.54) is 0 Å². The van der Waals surface area contributed by atoms with E-state index >= 15 is 0 Å². The number of aromatic nitrogens is 2. The lowest BCUT2D eigenvalue weighted by atomic mass is 10.3. The van der Waals surface area contributed by atoms with E-state index in [0.29, 0.717) is 0 Å². The minimum Gasteiger partial charge on any atom is -0.369 e. The maximum atomic E-state index is 10.4. The standard InChI is InChI=1S/C8H11N3O/c1-11-6-5-10-8(11)4-2-3-7(9)12/h2,4-6H,3H2,1H3,(H2,9,12). The third-order valence-corrected chi connectivity index (χ3v) is 1.44. The molecule has 1 aromatic heterocycles. The molecule has 0 radical (unpaired) electrons.